The van der Waals surface area contributed by atoms with Gasteiger partial charge in [0.15, 0.2) is 4.99 Å². The quantitative estimate of drug-likeness (QED) is 0.835. The number of thioether (sulfide) groups is 1. The fourth-order valence-electron chi connectivity index (χ4n) is 2.12. The lowest BCUT2D eigenvalue weighted by molar-refractivity contribution is 0.0941. The number of hydrogen-bond donors (Lipinski definition) is 2. The van der Waals surface area contributed by atoms with Gasteiger partial charge >= 0.3 is 6.09 Å². The van der Waals surface area contributed by atoms with Crippen LogP contribution in [-0.2, 0) is 4.74 Å². The molecule has 1 fully saturated rings. The van der Waals surface area contributed by atoms with Crippen LogP contribution in [0.1, 0.15) is 6.92 Å². The second-order valence-electron chi connectivity index (χ2n) is 4.37. The summed E-state index contributed by atoms with van der Waals surface area (Å²) in [5.74, 6) is 0. The molecule has 0 spiro atoms. The number of nitrogens with zero attached hydrogens (tertiary/aromatic N) is 2. The highest BCUT2D eigenvalue weighted by molar-refractivity contribution is 8.01. The molecule has 0 radical (unpaired) electrons. The molecule has 0 bridgehead atoms. The van der Waals surface area contributed by atoms with E-state index >= 15 is 0 Å². The van der Waals surface area contributed by atoms with Crippen molar-refractivity contribution in [1.82, 2.24) is 9.88 Å². The highest BCUT2D eigenvalue weighted by atomic mass is 32.2. The van der Waals surface area contributed by atoms with Crippen molar-refractivity contribution in [3.8, 4) is 0 Å². The Bertz CT molecular complexity index is 471. The third-order valence-corrected chi connectivity index (χ3v) is 4.26. The van der Waals surface area contributed by atoms with E-state index in [-0.39, 0.29) is 6.61 Å². The molecule has 1 aromatic heterocycles. The van der Waals surface area contributed by atoms with Gasteiger partial charge < -0.3 is 15.2 Å². The van der Waals surface area contributed by atoms with Gasteiger partial charge in [0.25, 0.3) is 0 Å². The number of anilines is 1. The van der Waals surface area contributed by atoms with Gasteiger partial charge in [0, 0.05) is 6.20 Å². The van der Waals surface area contributed by atoms with E-state index in [1.807, 2.05) is 19.1 Å². The van der Waals surface area contributed by atoms with Crippen LogP contribution >= 0.6 is 11.8 Å². The van der Waals surface area contributed by atoms with E-state index in [1.165, 1.54) is 11.8 Å². The highest BCUT2D eigenvalue weighted by Crippen LogP contribution is 2.46. The zero-order valence-corrected chi connectivity index (χ0v) is 10.6. The number of ether oxygens (including phenoxy) is 1. The summed E-state index contributed by atoms with van der Waals surface area (Å²) >= 11 is 1.47. The summed E-state index contributed by atoms with van der Waals surface area (Å²) in [6.07, 6.45) is 0.857. The molecule has 96 valence electrons. The van der Waals surface area contributed by atoms with Crippen LogP contribution < -0.4 is 5.32 Å². The lowest BCUT2D eigenvalue weighted by atomic mass is 10.3. The molecule has 1 unspecified atom stereocenters. The summed E-state index contributed by atoms with van der Waals surface area (Å²) in [6, 6.07) is 3.77. The molecule has 3 rings (SSSR count). The van der Waals surface area contributed by atoms with E-state index in [0.717, 1.165) is 10.7 Å². The van der Waals surface area contributed by atoms with Crippen LogP contribution in [0.4, 0.5) is 10.5 Å². The van der Waals surface area contributed by atoms with E-state index in [4.69, 9.17) is 9.84 Å². The van der Waals surface area contributed by atoms with Gasteiger partial charge in [-0.3, -0.25) is 4.90 Å². The van der Waals surface area contributed by atoms with E-state index in [1.54, 1.807) is 11.1 Å². The first-order chi connectivity index (χ1) is 8.62. The van der Waals surface area contributed by atoms with Crippen molar-refractivity contribution in [2.24, 2.45) is 0 Å². The number of cyclic esters (lactones) is 1. The van der Waals surface area contributed by atoms with Crippen LogP contribution in [0.2, 0.25) is 0 Å². The van der Waals surface area contributed by atoms with E-state index in [2.05, 4.69) is 10.3 Å². The Hall–Kier alpha value is -1.47. The molecular formula is C11H13N3O3S. The number of hydrogen-bond acceptors (Lipinski definition) is 6. The first kappa shape index (κ1) is 11.6. The lowest BCUT2D eigenvalue weighted by Crippen LogP contribution is -2.48. The Balaban J connectivity index is 1.84. The second-order valence-corrected chi connectivity index (χ2v) is 5.75. The first-order valence-corrected chi connectivity index (χ1v) is 6.45. The van der Waals surface area contributed by atoms with Crippen LogP contribution in [0.15, 0.2) is 23.4 Å². The van der Waals surface area contributed by atoms with Gasteiger partial charge in [0.1, 0.15) is 11.1 Å². The number of aliphatic hydroxyl groups is 1. The molecule has 2 aliphatic rings. The normalized spacial score (nSPS) is 30.0. The molecule has 1 amide bonds. The number of pyridine rings is 1. The average molecular weight is 267 g/mol. The molecule has 2 atom stereocenters. The third-order valence-electron chi connectivity index (χ3n) is 3.03. The third kappa shape index (κ3) is 1.70. The fourth-order valence-corrected chi connectivity index (χ4v) is 3.26. The summed E-state index contributed by atoms with van der Waals surface area (Å²) < 4.78 is 5.06. The highest BCUT2D eigenvalue weighted by Gasteiger charge is 2.47. The van der Waals surface area contributed by atoms with Crippen LogP contribution in [0.5, 0.6) is 0 Å². The molecule has 0 aliphatic carbocycles. The van der Waals surface area contributed by atoms with Crippen molar-refractivity contribution in [2.75, 3.05) is 18.5 Å². The van der Waals surface area contributed by atoms with Gasteiger partial charge in [-0.25, -0.2) is 9.78 Å². The summed E-state index contributed by atoms with van der Waals surface area (Å²) in [7, 11) is 0. The fraction of sp³-hybridized carbons (Fsp3) is 0.455. The Morgan fingerprint density at radius 1 is 1.78 bits per heavy atom. The Kier molecular flexibility index (Phi) is 2.60. The molecule has 0 saturated carbocycles. The van der Waals surface area contributed by atoms with Gasteiger partial charge in [0.2, 0.25) is 0 Å². The molecule has 2 aliphatic heterocycles. The maximum absolute atomic E-state index is 11.8. The molecule has 18 heavy (non-hydrogen) atoms. The minimum absolute atomic E-state index is 0.159. The zero-order valence-electron chi connectivity index (χ0n) is 9.79. The molecule has 0 aromatic carbocycles. The Morgan fingerprint density at radius 3 is 3.28 bits per heavy atom. The van der Waals surface area contributed by atoms with E-state index in [9.17, 15) is 4.79 Å². The Morgan fingerprint density at radius 2 is 2.61 bits per heavy atom. The van der Waals surface area contributed by atoms with Crippen molar-refractivity contribution in [3.63, 3.8) is 0 Å². The minimum atomic E-state index is -0.613. The van der Waals surface area contributed by atoms with Crippen molar-refractivity contribution in [1.29, 1.82) is 0 Å². The van der Waals surface area contributed by atoms with Crippen molar-refractivity contribution < 1.29 is 14.6 Å². The molecule has 3 heterocycles. The van der Waals surface area contributed by atoms with E-state index < -0.39 is 17.2 Å². The molecule has 7 heteroatoms. The van der Waals surface area contributed by atoms with E-state index in [0.29, 0.717) is 6.54 Å². The minimum Gasteiger partial charge on any atom is -0.442 e. The number of carbonyl (C=O) groups excluding carboxylic acids is 1. The lowest BCUT2D eigenvalue weighted by Gasteiger charge is -2.32. The zero-order chi connectivity index (χ0) is 12.8. The van der Waals surface area contributed by atoms with Crippen molar-refractivity contribution >= 4 is 23.5 Å². The number of nitrogens with one attached hydrogen (secondary N) is 1. The topological polar surface area (TPSA) is 74.7 Å². The first-order valence-electron chi connectivity index (χ1n) is 5.64. The maximum atomic E-state index is 11.8. The SMILES string of the molecule is CC1(N2C[C@H](CO)OC2=O)Nc2cccnc2S1. The summed E-state index contributed by atoms with van der Waals surface area (Å²) in [4.78, 5) is 17.0. The van der Waals surface area contributed by atoms with Crippen LogP contribution in [-0.4, -0.2) is 45.3 Å². The molecule has 2 N–H and O–H groups in total. The van der Waals surface area contributed by atoms with Gasteiger partial charge in [0.05, 0.1) is 18.8 Å². The number of aromatic nitrogens is 1. The molecular weight excluding hydrogens is 254 g/mol. The Labute approximate surface area is 108 Å². The average Bonchev–Trinajstić information content (AvgIpc) is 2.89. The number of fused-ring (bicyclic) bond motifs is 1. The van der Waals surface area contributed by atoms with Gasteiger partial charge in [-0.1, -0.05) is 11.8 Å². The van der Waals surface area contributed by atoms with Crippen molar-refractivity contribution in [3.05, 3.63) is 18.3 Å². The van der Waals surface area contributed by atoms with Crippen LogP contribution in [0.3, 0.4) is 0 Å². The smallest absolute Gasteiger partial charge is 0.412 e. The number of carbonyl (C=O) groups is 1. The van der Waals surface area contributed by atoms with Crippen LogP contribution in [0.25, 0.3) is 0 Å². The standard InChI is InChI=1S/C11H13N3O3S/c1-11(14-5-7(6-15)17-10(14)16)13-8-3-2-4-12-9(8)18-11/h2-4,7,13,15H,5-6H2,1H3/t7-,11?/m1/s1. The van der Waals surface area contributed by atoms with Crippen LogP contribution in [0, 0.1) is 0 Å². The van der Waals surface area contributed by atoms with Crippen molar-refractivity contribution in [2.45, 2.75) is 23.0 Å². The maximum Gasteiger partial charge on any atom is 0.412 e. The number of rotatable bonds is 2. The molecule has 6 nitrogen and oxygen atoms in total. The largest absolute Gasteiger partial charge is 0.442 e. The summed E-state index contributed by atoms with van der Waals surface area (Å²) in [6.45, 7) is 2.12. The predicted octanol–water partition coefficient (Wildman–Crippen LogP) is 1.09. The van der Waals surface area contributed by atoms with Gasteiger partial charge in [-0.05, 0) is 19.1 Å². The number of amides is 1. The summed E-state index contributed by atoms with van der Waals surface area (Å²) in [5.41, 5.74) is 0.908. The summed E-state index contributed by atoms with van der Waals surface area (Å²) in [5, 5.41) is 13.2. The molecule has 1 aromatic rings. The monoisotopic (exact) mass is 267 g/mol. The number of aliphatic hydroxyl groups excluding tert-OH is 1. The molecule has 1 saturated heterocycles. The van der Waals surface area contributed by atoms with Gasteiger partial charge in [-0.15, -0.1) is 0 Å². The second kappa shape index (κ2) is 4.03. The van der Waals surface area contributed by atoms with Gasteiger partial charge in [-0.2, -0.15) is 0 Å². The predicted molar refractivity (Wildman–Crippen MR) is 66.2 cm³/mol.